The lowest BCUT2D eigenvalue weighted by atomic mass is 9.82. The van der Waals surface area contributed by atoms with Crippen molar-refractivity contribution in [2.75, 3.05) is 26.2 Å². The fourth-order valence-corrected chi connectivity index (χ4v) is 5.49. The largest absolute Gasteiger partial charge is 0.521 e. The third-order valence-electron chi connectivity index (χ3n) is 4.40. The summed E-state index contributed by atoms with van der Waals surface area (Å²) in [6, 6.07) is 0. The molecule has 0 spiro atoms. The van der Waals surface area contributed by atoms with Gasteiger partial charge in [-0.25, -0.2) is 0 Å². The number of nitrogens with zero attached hydrogens (tertiary/aromatic N) is 1. The van der Waals surface area contributed by atoms with Crippen LogP contribution in [0.3, 0.4) is 0 Å². The predicted octanol–water partition coefficient (Wildman–Crippen LogP) is -1.04. The Balaban J connectivity index is 3.33. The molecule has 4 atom stereocenters. The van der Waals surface area contributed by atoms with E-state index >= 15 is 0 Å². The molecule has 1 aliphatic heterocycles. The van der Waals surface area contributed by atoms with Crippen molar-refractivity contribution in [3.63, 3.8) is 0 Å². The van der Waals surface area contributed by atoms with Gasteiger partial charge in [0.15, 0.2) is 0 Å². The molecule has 0 aromatic rings. The van der Waals surface area contributed by atoms with Gasteiger partial charge in [-0.05, 0) is 24.3 Å². The Morgan fingerprint density at radius 2 is 1.89 bits per heavy atom. The van der Waals surface area contributed by atoms with Crippen molar-refractivity contribution in [3.8, 4) is 0 Å². The molecule has 0 amide bonds. The van der Waals surface area contributed by atoms with Crippen molar-refractivity contribution < 1.29 is 48.7 Å². The predicted molar refractivity (Wildman–Crippen MR) is 92.6 cm³/mol. The summed E-state index contributed by atoms with van der Waals surface area (Å²) in [4.78, 5) is 51.7. The third-order valence-corrected chi connectivity index (χ3v) is 7.55. The average Bonchev–Trinajstić information content (AvgIpc) is 2.58. The summed E-state index contributed by atoms with van der Waals surface area (Å²) in [5.41, 5.74) is -2.92. The molecule has 14 heteroatoms. The first-order valence-electron chi connectivity index (χ1n) is 8.00. The molecule has 4 unspecified atom stereocenters. The maximum Gasteiger partial charge on any atom is 0.521 e. The molecule has 0 radical (unpaired) electrons. The molecule has 27 heavy (non-hydrogen) atoms. The van der Waals surface area contributed by atoms with Crippen molar-refractivity contribution in [2.45, 2.75) is 42.7 Å². The highest BCUT2D eigenvalue weighted by atomic mass is 31.2. The second kappa shape index (κ2) is 9.02. The Morgan fingerprint density at radius 3 is 2.33 bits per heavy atom. The monoisotopic (exact) mass is 431 g/mol. The normalized spacial score (nSPS) is 29.0. The van der Waals surface area contributed by atoms with Crippen LogP contribution >= 0.6 is 15.6 Å². The van der Waals surface area contributed by atoms with Gasteiger partial charge in [-0.1, -0.05) is 0 Å². The quantitative estimate of drug-likeness (QED) is 0.219. The third kappa shape index (κ3) is 7.89. The number of nitrogens with one attached hydrogen (secondary N) is 1. The van der Waals surface area contributed by atoms with Crippen LogP contribution in [0.4, 0.5) is 0 Å². The molecule has 1 fully saturated rings. The van der Waals surface area contributed by atoms with E-state index in [2.05, 4.69) is 5.32 Å². The van der Waals surface area contributed by atoms with E-state index in [0.29, 0.717) is 0 Å². The number of carboxylic acids is 2. The lowest BCUT2D eigenvalue weighted by Gasteiger charge is -2.39. The average molecular weight is 431 g/mol. The van der Waals surface area contributed by atoms with Crippen LogP contribution in [0.5, 0.6) is 0 Å². The molecule has 156 valence electrons. The van der Waals surface area contributed by atoms with Gasteiger partial charge in [0.25, 0.3) is 5.40 Å². The first-order chi connectivity index (χ1) is 12.2. The van der Waals surface area contributed by atoms with E-state index in [9.17, 15) is 38.5 Å². The van der Waals surface area contributed by atoms with Crippen LogP contribution in [0.1, 0.15) is 26.2 Å². The molecule has 1 rings (SSSR count). The van der Waals surface area contributed by atoms with E-state index in [4.69, 9.17) is 10.2 Å². The SMILES string of the molecule is CC1(O)CCN(CC(=O)O)CC(CC([P+](=O)O)P(=O)(O)O)(NCC(=O)O)C1. The van der Waals surface area contributed by atoms with Crippen molar-refractivity contribution in [3.05, 3.63) is 0 Å². The summed E-state index contributed by atoms with van der Waals surface area (Å²) in [5.74, 6) is -2.47. The van der Waals surface area contributed by atoms with Crippen molar-refractivity contribution >= 4 is 27.6 Å². The van der Waals surface area contributed by atoms with Gasteiger partial charge in [0.2, 0.25) is 0 Å². The number of aliphatic carboxylic acids is 2. The molecular weight excluding hydrogens is 406 g/mol. The molecular formula is C13H25N2O10P2+. The molecule has 7 N–H and O–H groups in total. The number of rotatable bonds is 9. The highest BCUT2D eigenvalue weighted by molar-refractivity contribution is 7.65. The van der Waals surface area contributed by atoms with Crippen LogP contribution < -0.4 is 5.32 Å². The first-order valence-corrected chi connectivity index (χ1v) is 11.0. The Morgan fingerprint density at radius 1 is 1.30 bits per heavy atom. The maximum absolute atomic E-state index is 11.7. The van der Waals surface area contributed by atoms with Gasteiger partial charge in [0, 0.05) is 25.0 Å². The van der Waals surface area contributed by atoms with Crippen molar-refractivity contribution in [2.24, 2.45) is 0 Å². The van der Waals surface area contributed by atoms with Crippen LogP contribution in [0.2, 0.25) is 0 Å². The van der Waals surface area contributed by atoms with E-state index in [1.54, 1.807) is 0 Å². The molecule has 0 bridgehead atoms. The number of hydrogen-bond acceptors (Lipinski definition) is 7. The minimum absolute atomic E-state index is 0.128. The van der Waals surface area contributed by atoms with Gasteiger partial charge in [-0.3, -0.25) is 24.4 Å². The number of hydrogen-bond donors (Lipinski definition) is 7. The number of aliphatic hydroxyl groups is 1. The zero-order valence-electron chi connectivity index (χ0n) is 14.7. The van der Waals surface area contributed by atoms with Gasteiger partial charge in [0.05, 0.1) is 18.7 Å². The minimum Gasteiger partial charge on any atom is -0.480 e. The summed E-state index contributed by atoms with van der Waals surface area (Å²) in [7, 11) is -8.35. The first kappa shape index (κ1) is 24.1. The highest BCUT2D eigenvalue weighted by Crippen LogP contribution is 2.55. The van der Waals surface area contributed by atoms with Gasteiger partial charge < -0.3 is 25.1 Å². The highest BCUT2D eigenvalue weighted by Gasteiger charge is 2.53. The van der Waals surface area contributed by atoms with Crippen molar-refractivity contribution in [1.82, 2.24) is 10.2 Å². The number of likely N-dealkylation sites (tertiary alicyclic amines) is 1. The zero-order chi connectivity index (χ0) is 21.0. The Labute approximate surface area is 156 Å². The zero-order valence-corrected chi connectivity index (χ0v) is 16.5. The van der Waals surface area contributed by atoms with E-state index < -0.39 is 63.6 Å². The van der Waals surface area contributed by atoms with Crippen LogP contribution in [-0.4, -0.2) is 89.6 Å². The topological polar surface area (TPSA) is 205 Å². The van der Waals surface area contributed by atoms with Crippen LogP contribution in [0, 0.1) is 0 Å². The van der Waals surface area contributed by atoms with Gasteiger partial charge in [-0.2, -0.15) is 4.89 Å². The molecule has 0 saturated carbocycles. The molecule has 0 aromatic heterocycles. The smallest absolute Gasteiger partial charge is 0.480 e. The Hall–Kier alpha value is -0.970. The molecule has 0 aromatic carbocycles. The fourth-order valence-electron chi connectivity index (χ4n) is 3.37. The minimum atomic E-state index is -5.03. The summed E-state index contributed by atoms with van der Waals surface area (Å²) in [6.45, 7) is 0.301. The summed E-state index contributed by atoms with van der Waals surface area (Å²) >= 11 is 0. The standard InChI is InChI=1S/C13H24N2O10P2/c1-12(20)2-3-15(6-10(18)19)8-13(7-12,14-5-9(16)17)4-11(26(21)22)27(23,24)25/h11,14,20H,2-8H2,1H3,(H4-,16,17,18,19,21,22,23,24,25)/p+1. The van der Waals surface area contributed by atoms with Gasteiger partial charge in [-0.15, -0.1) is 0 Å². The molecule has 1 saturated heterocycles. The van der Waals surface area contributed by atoms with Crippen LogP contribution in [-0.2, 0) is 18.7 Å². The van der Waals surface area contributed by atoms with E-state index in [0.717, 1.165) is 0 Å². The Kier molecular flexibility index (Phi) is 8.04. The number of carbonyl (C=O) groups is 2. The lowest BCUT2D eigenvalue weighted by molar-refractivity contribution is -0.139. The summed E-state index contributed by atoms with van der Waals surface area (Å²) < 4.78 is 23.2. The summed E-state index contributed by atoms with van der Waals surface area (Å²) in [5, 5.41) is 29.2. The van der Waals surface area contributed by atoms with Crippen LogP contribution in [0.15, 0.2) is 0 Å². The lowest BCUT2D eigenvalue weighted by Crippen LogP contribution is -2.57. The van der Waals surface area contributed by atoms with Gasteiger partial charge in [0.1, 0.15) is 0 Å². The second-order valence-corrected chi connectivity index (χ2v) is 10.6. The van der Waals surface area contributed by atoms with E-state index in [1.165, 1.54) is 11.8 Å². The molecule has 12 nitrogen and oxygen atoms in total. The maximum atomic E-state index is 11.7. The second-order valence-electron chi connectivity index (χ2n) is 7.13. The van der Waals surface area contributed by atoms with Crippen LogP contribution in [0.25, 0.3) is 0 Å². The number of carboxylic acid groups (broad SMARTS) is 2. The fraction of sp³-hybridized carbons (Fsp3) is 0.846. The molecule has 0 aliphatic carbocycles. The Bertz CT molecular complexity index is 637. The van der Waals surface area contributed by atoms with Gasteiger partial charge >= 0.3 is 27.6 Å². The molecule has 1 aliphatic rings. The molecule has 1 heterocycles. The van der Waals surface area contributed by atoms with Crippen molar-refractivity contribution in [1.29, 1.82) is 0 Å². The van der Waals surface area contributed by atoms with E-state index in [1.807, 2.05) is 0 Å². The summed E-state index contributed by atoms with van der Waals surface area (Å²) in [6.07, 6.45) is -0.686. The van der Waals surface area contributed by atoms with E-state index in [-0.39, 0.29) is 25.9 Å².